The van der Waals surface area contributed by atoms with E-state index in [0.717, 1.165) is 49.5 Å². The number of ketones is 1. The molecule has 0 saturated heterocycles. The zero-order valence-electron chi connectivity index (χ0n) is 19.0. The lowest BCUT2D eigenvalue weighted by Gasteiger charge is -2.42. The first-order valence-electron chi connectivity index (χ1n) is 11.1. The van der Waals surface area contributed by atoms with Gasteiger partial charge in [-0.2, -0.15) is 0 Å². The van der Waals surface area contributed by atoms with Gasteiger partial charge < -0.3 is 4.74 Å². The number of rotatable bonds is 10. The molecule has 0 aromatic heterocycles. The molecule has 0 aliphatic heterocycles. The second kappa shape index (κ2) is 10.7. The van der Waals surface area contributed by atoms with Crippen molar-refractivity contribution in [2.24, 2.45) is 11.3 Å². The largest absolute Gasteiger partial charge is 0.460 e. The Kier molecular flexibility index (Phi) is 8.57. The van der Waals surface area contributed by atoms with Gasteiger partial charge in [-0.25, -0.2) is 0 Å². The maximum atomic E-state index is 13.4. The molecule has 0 aromatic carbocycles. The van der Waals surface area contributed by atoms with E-state index in [1.165, 1.54) is 11.1 Å². The summed E-state index contributed by atoms with van der Waals surface area (Å²) < 4.78 is 5.85. The number of allylic oxidation sites excluding steroid dienone is 4. The quantitative estimate of drug-likeness (QED) is 0.196. The summed E-state index contributed by atoms with van der Waals surface area (Å²) in [5.41, 5.74) is 4.08. The van der Waals surface area contributed by atoms with Crippen molar-refractivity contribution < 1.29 is 19.1 Å². The first-order chi connectivity index (χ1) is 14.3. The van der Waals surface area contributed by atoms with Gasteiger partial charge in [-0.15, -0.1) is 0 Å². The predicted octanol–water partition coefficient (Wildman–Crippen LogP) is 5.83. The molecule has 2 aliphatic rings. The molecule has 0 radical (unpaired) electrons. The SMILES string of the molecule is C=CC1=CCCC2=C(C)CCC[C@]12C(=O)OC/C(CCCC(=O)C(C)C)=C(\C)C=O. The number of carbonyl (C=O) groups excluding carboxylic acids is 3. The van der Waals surface area contributed by atoms with Gasteiger partial charge >= 0.3 is 5.97 Å². The molecule has 0 fully saturated rings. The fraction of sp³-hybridized carbons (Fsp3) is 0.577. The molecule has 0 amide bonds. The number of fused-ring (bicyclic) bond motifs is 1. The summed E-state index contributed by atoms with van der Waals surface area (Å²) in [4.78, 5) is 36.7. The van der Waals surface area contributed by atoms with Crippen LogP contribution in [0.4, 0.5) is 0 Å². The Hall–Kier alpha value is -2.23. The predicted molar refractivity (Wildman–Crippen MR) is 120 cm³/mol. The normalized spacial score (nSPS) is 22.1. The van der Waals surface area contributed by atoms with Crippen LogP contribution in [0.1, 0.15) is 79.1 Å². The minimum Gasteiger partial charge on any atom is -0.460 e. The molecule has 0 N–H and O–H groups in total. The highest BCUT2D eigenvalue weighted by Crippen LogP contribution is 2.52. The zero-order valence-corrected chi connectivity index (χ0v) is 19.0. The van der Waals surface area contributed by atoms with E-state index >= 15 is 0 Å². The van der Waals surface area contributed by atoms with Crippen molar-refractivity contribution in [3.8, 4) is 0 Å². The van der Waals surface area contributed by atoms with E-state index < -0.39 is 5.41 Å². The summed E-state index contributed by atoms with van der Waals surface area (Å²) in [6.45, 7) is 11.7. The van der Waals surface area contributed by atoms with Crippen LogP contribution in [0.15, 0.2) is 46.6 Å². The average molecular weight is 413 g/mol. The van der Waals surface area contributed by atoms with Crippen LogP contribution in [-0.4, -0.2) is 24.6 Å². The third-order valence-electron chi connectivity index (χ3n) is 6.61. The second-order valence-corrected chi connectivity index (χ2v) is 8.88. The van der Waals surface area contributed by atoms with Crippen molar-refractivity contribution >= 4 is 18.0 Å². The molecule has 4 nitrogen and oxygen atoms in total. The van der Waals surface area contributed by atoms with E-state index in [0.29, 0.717) is 24.8 Å². The zero-order chi connectivity index (χ0) is 22.3. The molecular weight excluding hydrogens is 376 g/mol. The topological polar surface area (TPSA) is 60.4 Å². The van der Waals surface area contributed by atoms with E-state index in [2.05, 4.69) is 19.6 Å². The highest BCUT2D eigenvalue weighted by atomic mass is 16.5. The number of carbonyl (C=O) groups is 3. The lowest BCUT2D eigenvalue weighted by Crippen LogP contribution is -2.40. The van der Waals surface area contributed by atoms with Crippen LogP contribution in [0.5, 0.6) is 0 Å². The molecule has 0 spiro atoms. The van der Waals surface area contributed by atoms with Gasteiger partial charge in [0.15, 0.2) is 0 Å². The minimum absolute atomic E-state index is 0.0108. The van der Waals surface area contributed by atoms with Gasteiger partial charge in [0, 0.05) is 12.3 Å². The third kappa shape index (κ3) is 5.08. The Morgan fingerprint density at radius 2 is 2.00 bits per heavy atom. The monoisotopic (exact) mass is 412 g/mol. The molecule has 1 atom stereocenters. The van der Waals surface area contributed by atoms with E-state index in [1.807, 2.05) is 13.8 Å². The average Bonchev–Trinajstić information content (AvgIpc) is 2.74. The van der Waals surface area contributed by atoms with Crippen molar-refractivity contribution in [3.63, 3.8) is 0 Å². The van der Waals surface area contributed by atoms with Gasteiger partial charge in [0.2, 0.25) is 0 Å². The molecule has 0 heterocycles. The van der Waals surface area contributed by atoms with Crippen LogP contribution in [-0.2, 0) is 19.1 Å². The molecule has 30 heavy (non-hydrogen) atoms. The highest BCUT2D eigenvalue weighted by Gasteiger charge is 2.48. The minimum atomic E-state index is -0.726. The molecule has 0 unspecified atom stereocenters. The van der Waals surface area contributed by atoms with Gasteiger partial charge in [-0.1, -0.05) is 38.2 Å². The lowest BCUT2D eigenvalue weighted by atomic mass is 9.62. The lowest BCUT2D eigenvalue weighted by molar-refractivity contribution is -0.151. The Balaban J connectivity index is 2.17. The van der Waals surface area contributed by atoms with Crippen molar-refractivity contribution in [1.82, 2.24) is 0 Å². The molecule has 0 saturated carbocycles. The van der Waals surface area contributed by atoms with Gasteiger partial charge in [0.25, 0.3) is 0 Å². The van der Waals surface area contributed by atoms with E-state index in [9.17, 15) is 14.4 Å². The van der Waals surface area contributed by atoms with Gasteiger partial charge in [-0.3, -0.25) is 14.4 Å². The fourth-order valence-electron chi connectivity index (χ4n) is 4.68. The first kappa shape index (κ1) is 24.0. The second-order valence-electron chi connectivity index (χ2n) is 8.88. The number of hydrogen-bond acceptors (Lipinski definition) is 4. The Morgan fingerprint density at radius 1 is 1.27 bits per heavy atom. The number of hydrogen-bond donors (Lipinski definition) is 0. The van der Waals surface area contributed by atoms with Gasteiger partial charge in [0.1, 0.15) is 24.1 Å². The smallest absolute Gasteiger partial charge is 0.321 e. The number of esters is 1. The molecule has 2 aliphatic carbocycles. The van der Waals surface area contributed by atoms with E-state index in [4.69, 9.17) is 4.74 Å². The van der Waals surface area contributed by atoms with Gasteiger partial charge in [0.05, 0.1) is 0 Å². The van der Waals surface area contributed by atoms with Crippen LogP contribution < -0.4 is 0 Å². The third-order valence-corrected chi connectivity index (χ3v) is 6.61. The van der Waals surface area contributed by atoms with Crippen LogP contribution >= 0.6 is 0 Å². The van der Waals surface area contributed by atoms with Crippen molar-refractivity contribution in [2.75, 3.05) is 6.61 Å². The molecule has 0 bridgehead atoms. The van der Waals surface area contributed by atoms with Crippen molar-refractivity contribution in [1.29, 1.82) is 0 Å². The van der Waals surface area contributed by atoms with Crippen molar-refractivity contribution in [3.05, 3.63) is 46.6 Å². The molecule has 164 valence electrons. The van der Waals surface area contributed by atoms with Crippen LogP contribution in [0, 0.1) is 11.3 Å². The molecule has 4 heteroatoms. The maximum Gasteiger partial charge on any atom is 0.321 e. The standard InChI is InChI=1S/C26H36O4/c1-6-22-12-8-13-23-19(4)10-9-15-26(22,23)25(29)30-17-21(20(5)16-27)11-7-14-24(28)18(2)3/h6,12,16,18H,1,7-11,13-15,17H2,2-5H3/b21-20+/t26-/m0/s1. The summed E-state index contributed by atoms with van der Waals surface area (Å²) in [6, 6.07) is 0. The maximum absolute atomic E-state index is 13.4. The highest BCUT2D eigenvalue weighted by molar-refractivity contribution is 5.87. The number of Topliss-reactive ketones (excluding diaryl/α,β-unsaturated/α-hetero) is 1. The summed E-state index contributed by atoms with van der Waals surface area (Å²) in [5.74, 6) is -0.0158. The summed E-state index contributed by atoms with van der Waals surface area (Å²) in [6.07, 6.45) is 10.9. The number of ether oxygens (including phenoxy) is 1. The van der Waals surface area contributed by atoms with Crippen LogP contribution in [0.3, 0.4) is 0 Å². The molecule has 2 rings (SSSR count). The Morgan fingerprint density at radius 3 is 2.63 bits per heavy atom. The Bertz CT molecular complexity index is 794. The van der Waals surface area contributed by atoms with E-state index in [1.54, 1.807) is 13.0 Å². The van der Waals surface area contributed by atoms with Gasteiger partial charge in [-0.05, 0) is 81.1 Å². The van der Waals surface area contributed by atoms with E-state index in [-0.39, 0.29) is 24.3 Å². The molecule has 0 aromatic rings. The van der Waals surface area contributed by atoms with Crippen molar-refractivity contribution in [2.45, 2.75) is 79.1 Å². The summed E-state index contributed by atoms with van der Waals surface area (Å²) >= 11 is 0. The number of aldehydes is 1. The fourth-order valence-corrected chi connectivity index (χ4v) is 4.68. The first-order valence-corrected chi connectivity index (χ1v) is 11.1. The summed E-state index contributed by atoms with van der Waals surface area (Å²) in [7, 11) is 0. The van der Waals surface area contributed by atoms with Crippen LogP contribution in [0.2, 0.25) is 0 Å². The van der Waals surface area contributed by atoms with Crippen LogP contribution in [0.25, 0.3) is 0 Å². The summed E-state index contributed by atoms with van der Waals surface area (Å²) in [5, 5.41) is 0. The Labute approximate surface area is 181 Å². The molecular formula is C26H36O4.